The fourth-order valence-corrected chi connectivity index (χ4v) is 2.39. The molecule has 0 spiro atoms. The normalized spacial score (nSPS) is 23.6. The molecule has 0 bridgehead atoms. The van der Waals surface area contributed by atoms with Crippen molar-refractivity contribution < 1.29 is 9.90 Å². The van der Waals surface area contributed by atoms with Crippen molar-refractivity contribution in [2.24, 2.45) is 0 Å². The van der Waals surface area contributed by atoms with Crippen molar-refractivity contribution in [3.05, 3.63) is 34.9 Å². The molecule has 1 saturated heterocycles. The summed E-state index contributed by atoms with van der Waals surface area (Å²) < 4.78 is 0. The van der Waals surface area contributed by atoms with Gasteiger partial charge in [0.05, 0.1) is 6.04 Å². The van der Waals surface area contributed by atoms with Crippen LogP contribution in [0.3, 0.4) is 0 Å². The highest BCUT2D eigenvalue weighted by Gasteiger charge is 2.33. The highest BCUT2D eigenvalue weighted by Crippen LogP contribution is 2.27. The number of carbonyl (C=O) groups is 1. The molecule has 0 saturated carbocycles. The molecular weight excluding hydrogens is 240 g/mol. The van der Waals surface area contributed by atoms with Gasteiger partial charge in [-0.15, -0.1) is 0 Å². The van der Waals surface area contributed by atoms with Crippen LogP contribution >= 0.6 is 11.6 Å². The quantitative estimate of drug-likeness (QED) is 0.849. The van der Waals surface area contributed by atoms with E-state index in [-0.39, 0.29) is 12.0 Å². The Hall–Kier alpha value is -1.26. The molecule has 1 aromatic carbocycles. The van der Waals surface area contributed by atoms with Gasteiger partial charge in [0.1, 0.15) is 0 Å². The Bertz CT molecular complexity index is 407. The van der Waals surface area contributed by atoms with Gasteiger partial charge >= 0.3 is 6.09 Å². The van der Waals surface area contributed by atoms with E-state index in [2.05, 4.69) is 5.32 Å². The van der Waals surface area contributed by atoms with Gasteiger partial charge in [-0.3, -0.25) is 0 Å². The lowest BCUT2D eigenvalue weighted by Crippen LogP contribution is -2.40. The topological polar surface area (TPSA) is 52.6 Å². The van der Waals surface area contributed by atoms with E-state index < -0.39 is 6.09 Å². The molecule has 1 fully saturated rings. The van der Waals surface area contributed by atoms with Crippen molar-refractivity contribution in [2.75, 3.05) is 20.1 Å². The van der Waals surface area contributed by atoms with E-state index in [0.29, 0.717) is 11.6 Å². The first kappa shape index (κ1) is 12.2. The maximum Gasteiger partial charge on any atom is 0.407 e. The fraction of sp³-hybridized carbons (Fsp3) is 0.417. The second kappa shape index (κ2) is 4.94. The molecule has 5 heteroatoms. The summed E-state index contributed by atoms with van der Waals surface area (Å²) in [6, 6.07) is 7.58. The van der Waals surface area contributed by atoms with Crippen molar-refractivity contribution in [1.82, 2.24) is 10.2 Å². The number of hydrogen-bond acceptors (Lipinski definition) is 2. The van der Waals surface area contributed by atoms with Crippen LogP contribution in [-0.2, 0) is 0 Å². The molecule has 17 heavy (non-hydrogen) atoms. The molecule has 2 N–H and O–H groups in total. The van der Waals surface area contributed by atoms with E-state index >= 15 is 0 Å². The van der Waals surface area contributed by atoms with Gasteiger partial charge in [0.15, 0.2) is 0 Å². The second-order valence-corrected chi connectivity index (χ2v) is 4.71. The van der Waals surface area contributed by atoms with Crippen LogP contribution in [-0.4, -0.2) is 42.3 Å². The Kier molecular flexibility index (Phi) is 3.54. The number of nitrogens with zero attached hydrogens (tertiary/aromatic N) is 1. The third-order valence-corrected chi connectivity index (χ3v) is 3.53. The predicted molar refractivity (Wildman–Crippen MR) is 66.6 cm³/mol. The monoisotopic (exact) mass is 254 g/mol. The molecule has 1 aliphatic heterocycles. The summed E-state index contributed by atoms with van der Waals surface area (Å²) in [5.41, 5.74) is 1.12. The minimum atomic E-state index is -0.891. The van der Waals surface area contributed by atoms with Gasteiger partial charge in [0.2, 0.25) is 0 Å². The summed E-state index contributed by atoms with van der Waals surface area (Å²) in [5, 5.41) is 13.0. The Balaban J connectivity index is 2.19. The average Bonchev–Trinajstić information content (AvgIpc) is 2.77. The SMILES string of the molecule is CN(C(=O)O)[C@@H]1CNC[C@H]1c1ccc(Cl)cc1. The number of nitrogens with one attached hydrogen (secondary N) is 1. The molecule has 1 heterocycles. The van der Waals surface area contributed by atoms with E-state index in [1.807, 2.05) is 24.3 Å². The van der Waals surface area contributed by atoms with Crippen LogP contribution in [0.5, 0.6) is 0 Å². The van der Waals surface area contributed by atoms with Gasteiger partial charge in [-0.05, 0) is 17.7 Å². The summed E-state index contributed by atoms with van der Waals surface area (Å²) in [5.74, 6) is 0.188. The van der Waals surface area contributed by atoms with Crippen LogP contribution in [0.15, 0.2) is 24.3 Å². The molecule has 0 aliphatic carbocycles. The minimum absolute atomic E-state index is 0.0197. The Labute approximate surface area is 105 Å². The molecule has 0 radical (unpaired) electrons. The number of halogens is 1. The average molecular weight is 255 g/mol. The zero-order valence-corrected chi connectivity index (χ0v) is 10.3. The van der Waals surface area contributed by atoms with Crippen LogP contribution in [0.4, 0.5) is 4.79 Å². The van der Waals surface area contributed by atoms with Gasteiger partial charge in [-0.25, -0.2) is 4.79 Å². The molecular formula is C12H15ClN2O2. The first-order valence-electron chi connectivity index (χ1n) is 5.51. The number of rotatable bonds is 2. The molecule has 2 rings (SSSR count). The van der Waals surface area contributed by atoms with Gasteiger partial charge in [-0.2, -0.15) is 0 Å². The smallest absolute Gasteiger partial charge is 0.407 e. The lowest BCUT2D eigenvalue weighted by Gasteiger charge is -2.26. The summed E-state index contributed by atoms with van der Waals surface area (Å²) in [7, 11) is 1.61. The molecule has 92 valence electrons. The maximum atomic E-state index is 11.0. The summed E-state index contributed by atoms with van der Waals surface area (Å²) in [6.45, 7) is 1.49. The lowest BCUT2D eigenvalue weighted by molar-refractivity contribution is 0.138. The maximum absolute atomic E-state index is 11.0. The van der Waals surface area contributed by atoms with Gasteiger partial charge in [-0.1, -0.05) is 23.7 Å². The molecule has 4 nitrogen and oxygen atoms in total. The van der Waals surface area contributed by atoms with Crippen LogP contribution in [0, 0.1) is 0 Å². The van der Waals surface area contributed by atoms with Crippen molar-refractivity contribution in [2.45, 2.75) is 12.0 Å². The van der Waals surface area contributed by atoms with E-state index in [4.69, 9.17) is 16.7 Å². The lowest BCUT2D eigenvalue weighted by atomic mass is 9.94. The third-order valence-electron chi connectivity index (χ3n) is 3.28. The van der Waals surface area contributed by atoms with Crippen LogP contribution in [0.2, 0.25) is 5.02 Å². The molecule has 0 unspecified atom stereocenters. The molecule has 1 aliphatic rings. The van der Waals surface area contributed by atoms with Crippen molar-refractivity contribution >= 4 is 17.7 Å². The van der Waals surface area contributed by atoms with Gasteiger partial charge in [0, 0.05) is 31.1 Å². The van der Waals surface area contributed by atoms with E-state index in [0.717, 1.165) is 12.1 Å². The number of hydrogen-bond donors (Lipinski definition) is 2. The summed E-state index contributed by atoms with van der Waals surface area (Å²) >= 11 is 5.85. The van der Waals surface area contributed by atoms with E-state index in [1.165, 1.54) is 4.90 Å². The fourth-order valence-electron chi connectivity index (χ4n) is 2.26. The zero-order chi connectivity index (χ0) is 12.4. The van der Waals surface area contributed by atoms with E-state index in [9.17, 15) is 4.79 Å². The van der Waals surface area contributed by atoms with Crippen LogP contribution < -0.4 is 5.32 Å². The number of amides is 1. The van der Waals surface area contributed by atoms with Crippen molar-refractivity contribution in [3.8, 4) is 0 Å². The summed E-state index contributed by atoms with van der Waals surface area (Å²) in [6.07, 6.45) is -0.891. The molecule has 1 amide bonds. The highest BCUT2D eigenvalue weighted by atomic mass is 35.5. The first-order valence-corrected chi connectivity index (χ1v) is 5.89. The Morgan fingerprint density at radius 1 is 1.41 bits per heavy atom. The van der Waals surface area contributed by atoms with Crippen molar-refractivity contribution in [3.63, 3.8) is 0 Å². The van der Waals surface area contributed by atoms with E-state index in [1.54, 1.807) is 7.05 Å². The van der Waals surface area contributed by atoms with Gasteiger partial charge < -0.3 is 15.3 Å². The molecule has 2 atom stereocenters. The van der Waals surface area contributed by atoms with Crippen molar-refractivity contribution in [1.29, 1.82) is 0 Å². The Morgan fingerprint density at radius 2 is 2.06 bits per heavy atom. The number of likely N-dealkylation sites (N-methyl/N-ethyl adjacent to an activating group) is 1. The predicted octanol–water partition coefficient (Wildman–Crippen LogP) is 2.01. The molecule has 1 aromatic rings. The molecule has 0 aromatic heterocycles. The standard InChI is InChI=1S/C12H15ClN2O2/c1-15(12(16)17)11-7-14-6-10(11)8-2-4-9(13)5-3-8/h2-5,10-11,14H,6-7H2,1H3,(H,16,17)/t10-,11+/m0/s1. The zero-order valence-electron chi connectivity index (χ0n) is 9.56. The van der Waals surface area contributed by atoms with Crippen LogP contribution in [0.25, 0.3) is 0 Å². The highest BCUT2D eigenvalue weighted by molar-refractivity contribution is 6.30. The number of carboxylic acid groups (broad SMARTS) is 1. The largest absolute Gasteiger partial charge is 0.465 e. The third kappa shape index (κ3) is 2.53. The Morgan fingerprint density at radius 3 is 2.65 bits per heavy atom. The number of benzene rings is 1. The van der Waals surface area contributed by atoms with Gasteiger partial charge in [0.25, 0.3) is 0 Å². The summed E-state index contributed by atoms with van der Waals surface area (Å²) in [4.78, 5) is 12.4. The second-order valence-electron chi connectivity index (χ2n) is 4.28. The van der Waals surface area contributed by atoms with Crippen LogP contribution in [0.1, 0.15) is 11.5 Å². The minimum Gasteiger partial charge on any atom is -0.465 e. The first-order chi connectivity index (χ1) is 8.09.